The highest BCUT2D eigenvalue weighted by Crippen LogP contribution is 2.57. The Morgan fingerprint density at radius 1 is 0.244 bits per heavy atom. The fourth-order valence-electron chi connectivity index (χ4n) is 13.2. The molecular weight excluding hydrogens is 993 g/mol. The standard InChI is InChI=1S/C78H50N4/c1-7-23-51(24-8-1)53-39-43-59(44-40-53)79(57-31-15-5-16-32-57)67-49-47-63-73-69(55-27-11-3-12-28-55)78-74(70(56-29-13-4-14-30-56)77(73)81-65-37-21-19-35-61(65)71(67)75(63)81)64-48-50-68(72-62-36-20-22-38-66(62)82(78)76(64)72)80(58-33-17-6-18-34-58)60-45-41-54(42-46-60)52-25-9-2-10-26-52/h1-50H/i5D,6D,15D,16D,17D,18D,31D,32D,33D,34D. The molecule has 4 aromatic heterocycles. The van der Waals surface area contributed by atoms with Gasteiger partial charge in [-0.3, -0.25) is 0 Å². The minimum atomic E-state index is -0.478. The number of benzene rings is 13. The van der Waals surface area contributed by atoms with E-state index >= 15 is 0 Å². The maximum Gasteiger partial charge on any atom is 0.0645 e. The lowest BCUT2D eigenvalue weighted by Gasteiger charge is -2.27. The van der Waals surface area contributed by atoms with Crippen molar-refractivity contribution in [1.82, 2.24) is 8.80 Å². The van der Waals surface area contributed by atoms with Crippen molar-refractivity contribution in [1.29, 1.82) is 0 Å². The largest absolute Gasteiger partial charge is 0.310 e. The summed E-state index contributed by atoms with van der Waals surface area (Å²) < 4.78 is 96.8. The van der Waals surface area contributed by atoms with Crippen molar-refractivity contribution in [2.24, 2.45) is 0 Å². The highest BCUT2D eigenvalue weighted by Gasteiger charge is 2.33. The van der Waals surface area contributed by atoms with Crippen molar-refractivity contribution in [3.8, 4) is 44.5 Å². The Hall–Kier alpha value is -10.9. The molecule has 0 saturated carbocycles. The van der Waals surface area contributed by atoms with Crippen LogP contribution in [0.25, 0.3) is 121 Å². The van der Waals surface area contributed by atoms with Gasteiger partial charge >= 0.3 is 0 Å². The van der Waals surface area contributed by atoms with Crippen LogP contribution >= 0.6 is 0 Å². The van der Waals surface area contributed by atoms with Crippen LogP contribution in [0.4, 0.5) is 34.1 Å². The summed E-state index contributed by atoms with van der Waals surface area (Å²) >= 11 is 0. The minimum absolute atomic E-state index is 0.0221. The molecule has 0 spiro atoms. The summed E-state index contributed by atoms with van der Waals surface area (Å²) in [7, 11) is 0. The van der Waals surface area contributed by atoms with E-state index in [9.17, 15) is 5.48 Å². The summed E-state index contributed by atoms with van der Waals surface area (Å²) in [4.78, 5) is 3.68. The molecule has 17 rings (SSSR count). The molecule has 4 heterocycles. The Balaban J connectivity index is 1.04. The van der Waals surface area contributed by atoms with E-state index < -0.39 is 36.3 Å². The van der Waals surface area contributed by atoms with Crippen molar-refractivity contribution in [2.75, 3.05) is 9.80 Å². The number of rotatable bonds is 10. The van der Waals surface area contributed by atoms with E-state index in [0.29, 0.717) is 22.7 Å². The van der Waals surface area contributed by atoms with Crippen LogP contribution in [-0.4, -0.2) is 8.80 Å². The van der Waals surface area contributed by atoms with Crippen molar-refractivity contribution >= 4 is 110 Å². The van der Waals surface area contributed by atoms with Crippen molar-refractivity contribution < 1.29 is 13.7 Å². The zero-order chi connectivity index (χ0) is 62.5. The second-order valence-electron chi connectivity index (χ2n) is 20.8. The normalized spacial score (nSPS) is 13.6. The fourth-order valence-corrected chi connectivity index (χ4v) is 13.2. The molecule has 82 heavy (non-hydrogen) atoms. The highest BCUT2D eigenvalue weighted by molar-refractivity contribution is 6.39. The summed E-state index contributed by atoms with van der Waals surface area (Å²) in [6.07, 6.45) is 0. The summed E-state index contributed by atoms with van der Waals surface area (Å²) in [6, 6.07) is 77.8. The maximum absolute atomic E-state index is 9.59. The molecule has 0 atom stereocenters. The zero-order valence-electron chi connectivity index (χ0n) is 53.9. The molecule has 0 radical (unpaired) electrons. The lowest BCUT2D eigenvalue weighted by molar-refractivity contribution is 1.30. The third-order valence-electron chi connectivity index (χ3n) is 16.5. The first kappa shape index (κ1) is 37.0. The molecule has 0 amide bonds. The van der Waals surface area contributed by atoms with Crippen LogP contribution in [0.2, 0.25) is 0 Å². The van der Waals surface area contributed by atoms with Gasteiger partial charge in [-0.2, -0.15) is 0 Å². The van der Waals surface area contributed by atoms with Crippen LogP contribution in [-0.2, 0) is 0 Å². The topological polar surface area (TPSA) is 15.3 Å². The number of anilines is 6. The Morgan fingerprint density at radius 3 is 0.951 bits per heavy atom. The van der Waals surface area contributed by atoms with E-state index in [-0.39, 0.29) is 35.5 Å². The first-order valence-electron chi connectivity index (χ1n) is 32.4. The molecule has 0 bridgehead atoms. The van der Waals surface area contributed by atoms with Gasteiger partial charge in [0.15, 0.2) is 0 Å². The van der Waals surface area contributed by atoms with Gasteiger partial charge in [0.25, 0.3) is 0 Å². The van der Waals surface area contributed by atoms with E-state index in [4.69, 9.17) is 8.22 Å². The van der Waals surface area contributed by atoms with Gasteiger partial charge in [0.05, 0.1) is 58.2 Å². The molecule has 382 valence electrons. The lowest BCUT2D eigenvalue weighted by Crippen LogP contribution is -2.10. The number of aromatic nitrogens is 2. The Kier molecular flexibility index (Phi) is 8.27. The van der Waals surface area contributed by atoms with Crippen LogP contribution in [0, 0.1) is 0 Å². The first-order chi connectivity index (χ1) is 44.9. The Labute approximate surface area is 488 Å². The fraction of sp³-hybridized carbons (Fsp3) is 0. The van der Waals surface area contributed by atoms with Gasteiger partial charge < -0.3 is 18.6 Å². The summed E-state index contributed by atoms with van der Waals surface area (Å²) in [5.74, 6) is 0. The smallest absolute Gasteiger partial charge is 0.0645 e. The molecule has 4 heteroatoms. The maximum atomic E-state index is 9.59. The van der Waals surface area contributed by atoms with Crippen LogP contribution in [0.1, 0.15) is 13.7 Å². The number of hydrogen-bond donors (Lipinski definition) is 0. The molecule has 17 aromatic rings. The summed E-state index contributed by atoms with van der Waals surface area (Å²) in [6.45, 7) is 0. The molecule has 0 fully saturated rings. The predicted molar refractivity (Wildman–Crippen MR) is 347 cm³/mol. The van der Waals surface area contributed by atoms with Crippen molar-refractivity contribution in [3.05, 3.63) is 303 Å². The van der Waals surface area contributed by atoms with Gasteiger partial charge in [-0.05, 0) is 106 Å². The average Bonchev–Trinajstić information content (AvgIpc) is 1.50. The van der Waals surface area contributed by atoms with E-state index in [0.717, 1.165) is 121 Å². The quantitative estimate of drug-likeness (QED) is 0.136. The van der Waals surface area contributed by atoms with Gasteiger partial charge in [0, 0.05) is 77.0 Å². The summed E-state index contributed by atoms with van der Waals surface area (Å²) in [5.41, 5.74) is 15.8. The van der Waals surface area contributed by atoms with Gasteiger partial charge in [0.2, 0.25) is 0 Å². The first-order valence-corrected chi connectivity index (χ1v) is 27.4. The number of hydrogen-bond acceptors (Lipinski definition) is 2. The van der Waals surface area contributed by atoms with Crippen LogP contribution in [0.5, 0.6) is 0 Å². The van der Waals surface area contributed by atoms with Gasteiger partial charge in [-0.15, -0.1) is 0 Å². The second kappa shape index (κ2) is 18.3. The molecule has 0 saturated heterocycles. The van der Waals surface area contributed by atoms with Crippen LogP contribution < -0.4 is 9.80 Å². The van der Waals surface area contributed by atoms with Crippen molar-refractivity contribution in [3.63, 3.8) is 0 Å². The molecule has 13 aromatic carbocycles. The average molecular weight is 1050 g/mol. The Bertz CT molecular complexity index is 5440. The molecule has 0 aliphatic heterocycles. The third-order valence-corrected chi connectivity index (χ3v) is 16.5. The molecule has 4 nitrogen and oxygen atoms in total. The molecule has 0 aliphatic rings. The van der Waals surface area contributed by atoms with Crippen molar-refractivity contribution in [2.45, 2.75) is 0 Å². The van der Waals surface area contributed by atoms with Gasteiger partial charge in [-0.25, -0.2) is 0 Å². The summed E-state index contributed by atoms with van der Waals surface area (Å²) in [5, 5.41) is 7.28. The molecular formula is C78H50N4. The molecule has 0 N–H and O–H groups in total. The number of nitrogens with zero attached hydrogens (tertiary/aromatic N) is 4. The molecule has 0 unspecified atom stereocenters. The second-order valence-corrected chi connectivity index (χ2v) is 20.8. The SMILES string of the molecule is [2H]c1c([2H])c([2H])c(N(c2ccc(-c3ccccc3)cc2)c2ccc3c4c(-c5ccccc5)c5c(c(-c6ccccc6)c4n4c6ccccc6c2c34)c2ccc(N(c3ccc(-c4ccccc4)cc3)c3c([2H])c([2H])c([2H])c([2H])c3[2H])c3c4ccccc4n5c23)c([2H])c1[2H]. The molecule has 0 aliphatic carbocycles. The third kappa shape index (κ3) is 6.79. The number of fused-ring (bicyclic) bond motifs is 12. The van der Waals surface area contributed by atoms with E-state index in [1.807, 2.05) is 168 Å². The highest BCUT2D eigenvalue weighted by atomic mass is 15.2. The minimum Gasteiger partial charge on any atom is -0.310 e. The van der Waals surface area contributed by atoms with E-state index in [1.165, 1.54) is 0 Å². The Morgan fingerprint density at radius 2 is 0.573 bits per heavy atom. The van der Waals surface area contributed by atoms with Crippen LogP contribution in [0.3, 0.4) is 0 Å². The van der Waals surface area contributed by atoms with E-state index in [1.54, 1.807) is 0 Å². The monoisotopic (exact) mass is 1050 g/mol. The number of para-hydroxylation sites is 4. The van der Waals surface area contributed by atoms with Crippen LogP contribution in [0.15, 0.2) is 303 Å². The predicted octanol–water partition coefficient (Wildman–Crippen LogP) is 21.6. The van der Waals surface area contributed by atoms with Gasteiger partial charge in [-0.1, -0.05) is 230 Å². The zero-order valence-corrected chi connectivity index (χ0v) is 43.9. The lowest BCUT2D eigenvalue weighted by atomic mass is 9.89. The van der Waals surface area contributed by atoms with E-state index in [2.05, 4.69) is 93.7 Å². The van der Waals surface area contributed by atoms with Gasteiger partial charge in [0.1, 0.15) is 0 Å².